The third-order valence-corrected chi connectivity index (χ3v) is 5.89. The van der Waals surface area contributed by atoms with Crippen LogP contribution in [0.5, 0.6) is 5.75 Å². The fraction of sp³-hybridized carbons (Fsp3) is 0.600. The Morgan fingerprint density at radius 2 is 1.95 bits per heavy atom. The van der Waals surface area contributed by atoms with Crippen molar-refractivity contribution in [3.8, 4) is 5.75 Å². The Balaban J connectivity index is 1.76. The quantitative estimate of drug-likeness (QED) is 0.848. The lowest BCUT2D eigenvalue weighted by molar-refractivity contribution is 0.315. The zero-order valence-corrected chi connectivity index (χ0v) is 13.2. The van der Waals surface area contributed by atoms with Crippen molar-refractivity contribution in [2.75, 3.05) is 42.8 Å². The highest BCUT2D eigenvalue weighted by molar-refractivity contribution is 7.92. The van der Waals surface area contributed by atoms with Crippen molar-refractivity contribution in [2.45, 2.75) is 19.8 Å². The number of ether oxygens (including phenoxy) is 1. The molecule has 21 heavy (non-hydrogen) atoms. The molecule has 1 aromatic rings. The van der Waals surface area contributed by atoms with E-state index in [1.165, 1.54) is 17.1 Å². The van der Waals surface area contributed by atoms with E-state index in [1.807, 2.05) is 25.1 Å². The van der Waals surface area contributed by atoms with Crippen molar-refractivity contribution < 1.29 is 13.2 Å². The molecule has 2 aliphatic heterocycles. The summed E-state index contributed by atoms with van der Waals surface area (Å²) in [7, 11) is -3.29. The number of sulfonamides is 1. The van der Waals surface area contributed by atoms with Crippen LogP contribution in [-0.2, 0) is 10.0 Å². The molecule has 5 nitrogen and oxygen atoms in total. The van der Waals surface area contributed by atoms with Crippen LogP contribution in [0, 0.1) is 6.92 Å². The van der Waals surface area contributed by atoms with E-state index in [4.69, 9.17) is 4.74 Å². The molecule has 116 valence electrons. The Labute approximate surface area is 126 Å². The summed E-state index contributed by atoms with van der Waals surface area (Å²) < 4.78 is 32.4. The van der Waals surface area contributed by atoms with E-state index in [1.54, 1.807) is 0 Å². The van der Waals surface area contributed by atoms with Gasteiger partial charge >= 0.3 is 0 Å². The smallest absolute Gasteiger partial charge is 0.236 e. The third-order valence-electron chi connectivity index (χ3n) is 4.14. The molecule has 0 bridgehead atoms. The normalized spacial score (nSPS) is 19.4. The molecule has 6 heteroatoms. The van der Waals surface area contributed by atoms with Gasteiger partial charge in [0.15, 0.2) is 0 Å². The topological polar surface area (TPSA) is 49.9 Å². The molecule has 0 aliphatic carbocycles. The largest absolute Gasteiger partial charge is 0.489 e. The van der Waals surface area contributed by atoms with Crippen LogP contribution in [0.4, 0.5) is 5.69 Å². The van der Waals surface area contributed by atoms with Crippen LogP contribution in [0.2, 0.25) is 0 Å². The van der Waals surface area contributed by atoms with Crippen LogP contribution in [0.15, 0.2) is 18.2 Å². The molecule has 0 spiro atoms. The van der Waals surface area contributed by atoms with E-state index < -0.39 is 10.0 Å². The first-order chi connectivity index (χ1) is 10.1. The van der Waals surface area contributed by atoms with Gasteiger partial charge in [0, 0.05) is 6.54 Å². The van der Waals surface area contributed by atoms with Crippen LogP contribution in [0.1, 0.15) is 18.4 Å². The average molecular weight is 310 g/mol. The van der Waals surface area contributed by atoms with Gasteiger partial charge in [0.2, 0.25) is 10.0 Å². The molecule has 1 aromatic carbocycles. The molecular formula is C15H22N2O3S. The number of anilines is 1. The lowest BCUT2D eigenvalue weighted by Gasteiger charge is -2.31. The number of rotatable bonds is 4. The van der Waals surface area contributed by atoms with E-state index in [-0.39, 0.29) is 5.75 Å². The first kappa shape index (κ1) is 14.7. The van der Waals surface area contributed by atoms with Gasteiger partial charge in [0.1, 0.15) is 12.4 Å². The predicted octanol–water partition coefficient (Wildman–Crippen LogP) is 1.62. The van der Waals surface area contributed by atoms with E-state index in [9.17, 15) is 8.42 Å². The van der Waals surface area contributed by atoms with Crippen molar-refractivity contribution in [1.82, 2.24) is 4.90 Å². The summed E-state index contributed by atoms with van der Waals surface area (Å²) in [5.41, 5.74) is 1.75. The molecule has 0 amide bonds. The van der Waals surface area contributed by atoms with Gasteiger partial charge in [-0.15, -0.1) is 0 Å². The molecule has 1 fully saturated rings. The first-order valence-corrected chi connectivity index (χ1v) is 9.13. The monoisotopic (exact) mass is 310 g/mol. The maximum Gasteiger partial charge on any atom is 0.236 e. The van der Waals surface area contributed by atoms with Gasteiger partial charge in [0.05, 0.1) is 18.0 Å². The van der Waals surface area contributed by atoms with Gasteiger partial charge in [0.25, 0.3) is 0 Å². The van der Waals surface area contributed by atoms with Gasteiger partial charge < -0.3 is 9.64 Å². The van der Waals surface area contributed by atoms with Crippen molar-refractivity contribution in [3.05, 3.63) is 23.8 Å². The van der Waals surface area contributed by atoms with Gasteiger partial charge in [-0.2, -0.15) is 0 Å². The van der Waals surface area contributed by atoms with Crippen LogP contribution in [-0.4, -0.2) is 51.9 Å². The number of aryl methyl sites for hydroxylation is 1. The fourth-order valence-electron chi connectivity index (χ4n) is 2.95. The van der Waals surface area contributed by atoms with Gasteiger partial charge in [-0.1, -0.05) is 6.07 Å². The zero-order chi connectivity index (χ0) is 14.9. The number of likely N-dealkylation sites (tertiary alicyclic amines) is 1. The summed E-state index contributed by atoms with van der Waals surface area (Å²) in [6.45, 7) is 5.46. The molecule has 2 aliphatic rings. The fourth-order valence-corrected chi connectivity index (χ4v) is 4.46. The average Bonchev–Trinajstić information content (AvgIpc) is 2.97. The molecule has 3 rings (SSSR count). The summed E-state index contributed by atoms with van der Waals surface area (Å²) in [4.78, 5) is 2.23. The lowest BCUT2D eigenvalue weighted by Crippen LogP contribution is -2.41. The molecule has 0 unspecified atom stereocenters. The van der Waals surface area contributed by atoms with Crippen molar-refractivity contribution in [1.29, 1.82) is 0 Å². The Morgan fingerprint density at radius 1 is 1.19 bits per heavy atom. The summed E-state index contributed by atoms with van der Waals surface area (Å²) in [6.07, 6.45) is 2.36. The van der Waals surface area contributed by atoms with Crippen molar-refractivity contribution in [3.63, 3.8) is 0 Å². The highest BCUT2D eigenvalue weighted by Gasteiger charge is 2.29. The minimum atomic E-state index is -3.29. The number of nitrogens with zero attached hydrogens (tertiary/aromatic N) is 2. The SMILES string of the molecule is Cc1ccc2c(c1)OCCN2S(=O)(=O)CCN1CCCC1. The van der Waals surface area contributed by atoms with Crippen LogP contribution < -0.4 is 9.04 Å². The minimum absolute atomic E-state index is 0.181. The number of hydrogen-bond acceptors (Lipinski definition) is 4. The van der Waals surface area contributed by atoms with Gasteiger partial charge in [-0.3, -0.25) is 4.31 Å². The van der Waals surface area contributed by atoms with E-state index in [0.717, 1.165) is 18.7 Å². The second-order valence-corrected chi connectivity index (χ2v) is 7.77. The summed E-state index contributed by atoms with van der Waals surface area (Å²) in [6, 6.07) is 5.67. The van der Waals surface area contributed by atoms with Crippen molar-refractivity contribution >= 4 is 15.7 Å². The van der Waals surface area contributed by atoms with Crippen molar-refractivity contribution in [2.24, 2.45) is 0 Å². The van der Waals surface area contributed by atoms with E-state index >= 15 is 0 Å². The molecule has 1 saturated heterocycles. The Kier molecular flexibility index (Phi) is 4.08. The van der Waals surface area contributed by atoms with Crippen LogP contribution in [0.25, 0.3) is 0 Å². The molecule has 0 aromatic heterocycles. The zero-order valence-electron chi connectivity index (χ0n) is 12.4. The number of hydrogen-bond donors (Lipinski definition) is 0. The second kappa shape index (κ2) is 5.85. The Morgan fingerprint density at radius 3 is 2.71 bits per heavy atom. The molecule has 0 N–H and O–H groups in total. The van der Waals surface area contributed by atoms with E-state index in [0.29, 0.717) is 31.1 Å². The third kappa shape index (κ3) is 3.16. The lowest BCUT2D eigenvalue weighted by atomic mass is 10.2. The molecule has 0 radical (unpaired) electrons. The minimum Gasteiger partial charge on any atom is -0.489 e. The predicted molar refractivity (Wildman–Crippen MR) is 83.5 cm³/mol. The summed E-state index contributed by atoms with van der Waals surface area (Å²) in [5.74, 6) is 0.853. The first-order valence-electron chi connectivity index (χ1n) is 7.52. The summed E-state index contributed by atoms with van der Waals surface area (Å²) in [5, 5.41) is 0. The maximum atomic E-state index is 12.6. The van der Waals surface area contributed by atoms with E-state index in [2.05, 4.69) is 4.90 Å². The number of fused-ring (bicyclic) bond motifs is 1. The van der Waals surface area contributed by atoms with Gasteiger partial charge in [-0.05, 0) is 50.6 Å². The van der Waals surface area contributed by atoms with Crippen LogP contribution >= 0.6 is 0 Å². The Hall–Kier alpha value is -1.27. The highest BCUT2D eigenvalue weighted by atomic mass is 32.2. The second-order valence-electron chi connectivity index (χ2n) is 5.76. The molecule has 2 heterocycles. The number of benzene rings is 1. The highest BCUT2D eigenvalue weighted by Crippen LogP contribution is 2.34. The maximum absolute atomic E-state index is 12.6. The Bertz CT molecular complexity index is 609. The molecule has 0 atom stereocenters. The molecule has 0 saturated carbocycles. The standard InChI is InChI=1S/C15H22N2O3S/c1-13-4-5-14-15(12-13)20-10-8-17(14)21(18,19)11-9-16-6-2-3-7-16/h4-5,12H,2-3,6-11H2,1H3. The van der Waals surface area contributed by atoms with Gasteiger partial charge in [-0.25, -0.2) is 8.42 Å². The molecular weight excluding hydrogens is 288 g/mol. The summed E-state index contributed by atoms with van der Waals surface area (Å²) >= 11 is 0. The van der Waals surface area contributed by atoms with Crippen LogP contribution in [0.3, 0.4) is 0 Å².